The van der Waals surface area contributed by atoms with Gasteiger partial charge in [-0.25, -0.2) is 9.59 Å². The molecule has 3 N–H and O–H groups in total. The number of carbonyl (C=O) groups is 2. The van der Waals surface area contributed by atoms with Gasteiger partial charge in [0.15, 0.2) is 0 Å². The fraction of sp³-hybridized carbons (Fsp3) is 0.600. The molecule has 0 aliphatic carbocycles. The molecule has 58 valence electrons. The van der Waals surface area contributed by atoms with Crippen LogP contribution in [0.15, 0.2) is 0 Å². The summed E-state index contributed by atoms with van der Waals surface area (Å²) in [5.74, 6) is 0. The number of carbonyl (C=O) groups excluding carboxylic acids is 2. The van der Waals surface area contributed by atoms with Crippen LogP contribution >= 0.6 is 0 Å². The van der Waals surface area contributed by atoms with Gasteiger partial charge in [-0.2, -0.15) is 0 Å². The maximum absolute atomic E-state index is 10.5. The fourth-order valence-electron chi connectivity index (χ4n) is 0.370. The van der Waals surface area contributed by atoms with Crippen LogP contribution in [0.25, 0.3) is 0 Å². The average molecular weight is 145 g/mol. The van der Waals surface area contributed by atoms with E-state index in [9.17, 15) is 9.59 Å². The zero-order valence-corrected chi connectivity index (χ0v) is 6.02. The minimum absolute atomic E-state index is 0.484. The third kappa shape index (κ3) is 3.71. The SMILES string of the molecule is CCNC(=O)NC(=O)NC. The lowest BCUT2D eigenvalue weighted by atomic mass is 10.7. The third-order valence-electron chi connectivity index (χ3n) is 0.791. The first-order valence-corrected chi connectivity index (χ1v) is 2.97. The summed E-state index contributed by atoms with van der Waals surface area (Å²) in [5.41, 5.74) is 0. The molecular formula is C5H11N3O2. The molecule has 0 radical (unpaired) electrons. The summed E-state index contributed by atoms with van der Waals surface area (Å²) in [4.78, 5) is 20.9. The first-order chi connectivity index (χ1) is 4.70. The Bertz CT molecular complexity index is 135. The van der Waals surface area contributed by atoms with Gasteiger partial charge < -0.3 is 10.6 Å². The maximum atomic E-state index is 10.5. The standard InChI is InChI=1S/C5H11N3O2/c1-3-7-5(10)8-4(9)6-2/h3H2,1-2H3,(H3,6,7,8,9,10). The van der Waals surface area contributed by atoms with E-state index in [1.165, 1.54) is 7.05 Å². The Morgan fingerprint density at radius 3 is 2.30 bits per heavy atom. The Balaban J connectivity index is 3.47. The molecule has 0 aliphatic heterocycles. The van der Waals surface area contributed by atoms with Crippen molar-refractivity contribution in [1.29, 1.82) is 0 Å². The van der Waals surface area contributed by atoms with Crippen LogP contribution in [0.3, 0.4) is 0 Å². The summed E-state index contributed by atoms with van der Waals surface area (Å²) in [5, 5.41) is 6.67. The van der Waals surface area contributed by atoms with Gasteiger partial charge >= 0.3 is 12.1 Å². The molecule has 10 heavy (non-hydrogen) atoms. The van der Waals surface area contributed by atoms with Gasteiger partial charge in [0, 0.05) is 13.6 Å². The quantitative estimate of drug-likeness (QED) is 0.471. The van der Waals surface area contributed by atoms with Crippen LogP contribution in [-0.4, -0.2) is 25.7 Å². The minimum Gasteiger partial charge on any atom is -0.341 e. The predicted octanol–water partition coefficient (Wildman–Crippen LogP) is -0.355. The van der Waals surface area contributed by atoms with Crippen molar-refractivity contribution in [2.75, 3.05) is 13.6 Å². The van der Waals surface area contributed by atoms with Crippen molar-refractivity contribution in [3.05, 3.63) is 0 Å². The number of hydrogen-bond donors (Lipinski definition) is 3. The highest BCUT2D eigenvalue weighted by molar-refractivity contribution is 5.93. The van der Waals surface area contributed by atoms with Crippen molar-refractivity contribution in [2.45, 2.75) is 6.92 Å². The van der Waals surface area contributed by atoms with Crippen molar-refractivity contribution in [3.8, 4) is 0 Å². The molecule has 0 bridgehead atoms. The molecule has 0 rings (SSSR count). The van der Waals surface area contributed by atoms with E-state index in [0.29, 0.717) is 6.54 Å². The van der Waals surface area contributed by atoms with Crippen molar-refractivity contribution in [3.63, 3.8) is 0 Å². The molecule has 5 heteroatoms. The highest BCUT2D eigenvalue weighted by Crippen LogP contribution is 1.64. The van der Waals surface area contributed by atoms with E-state index in [2.05, 4.69) is 10.6 Å². The van der Waals surface area contributed by atoms with Gasteiger partial charge in [0.1, 0.15) is 0 Å². The Hall–Kier alpha value is -1.26. The molecule has 5 nitrogen and oxygen atoms in total. The minimum atomic E-state index is -0.508. The summed E-state index contributed by atoms with van der Waals surface area (Å²) in [6, 6.07) is -0.993. The van der Waals surface area contributed by atoms with E-state index in [1.54, 1.807) is 6.92 Å². The van der Waals surface area contributed by atoms with E-state index in [-0.39, 0.29) is 0 Å². The smallest absolute Gasteiger partial charge is 0.322 e. The van der Waals surface area contributed by atoms with Gasteiger partial charge in [0.05, 0.1) is 0 Å². The highest BCUT2D eigenvalue weighted by atomic mass is 16.2. The molecule has 0 unspecified atom stereocenters. The molecule has 0 heterocycles. The summed E-state index contributed by atoms with van der Waals surface area (Å²) >= 11 is 0. The number of rotatable bonds is 1. The van der Waals surface area contributed by atoms with Gasteiger partial charge in [-0.05, 0) is 6.92 Å². The topological polar surface area (TPSA) is 70.2 Å². The second kappa shape index (κ2) is 4.60. The number of urea groups is 2. The van der Waals surface area contributed by atoms with E-state index in [1.807, 2.05) is 5.32 Å². The first-order valence-electron chi connectivity index (χ1n) is 2.97. The highest BCUT2D eigenvalue weighted by Gasteiger charge is 2.01. The Morgan fingerprint density at radius 2 is 1.90 bits per heavy atom. The maximum Gasteiger partial charge on any atom is 0.322 e. The van der Waals surface area contributed by atoms with E-state index < -0.39 is 12.1 Å². The molecule has 0 aromatic rings. The van der Waals surface area contributed by atoms with E-state index in [0.717, 1.165) is 0 Å². The molecule has 0 spiro atoms. The lowest BCUT2D eigenvalue weighted by Gasteiger charge is -2.01. The second-order valence-corrected chi connectivity index (χ2v) is 1.56. The van der Waals surface area contributed by atoms with Crippen LogP contribution in [0.5, 0.6) is 0 Å². The number of imide groups is 1. The summed E-state index contributed by atoms with van der Waals surface area (Å²) in [7, 11) is 1.44. The van der Waals surface area contributed by atoms with Crippen molar-refractivity contribution in [2.24, 2.45) is 0 Å². The third-order valence-corrected chi connectivity index (χ3v) is 0.791. The monoisotopic (exact) mass is 145 g/mol. The Kier molecular flexibility index (Phi) is 4.02. The van der Waals surface area contributed by atoms with Crippen molar-refractivity contribution >= 4 is 12.1 Å². The number of hydrogen-bond acceptors (Lipinski definition) is 2. The molecule has 0 fully saturated rings. The molecule has 0 aromatic carbocycles. The van der Waals surface area contributed by atoms with Gasteiger partial charge in [0.2, 0.25) is 0 Å². The zero-order chi connectivity index (χ0) is 7.98. The van der Waals surface area contributed by atoms with E-state index >= 15 is 0 Å². The van der Waals surface area contributed by atoms with E-state index in [4.69, 9.17) is 0 Å². The lowest BCUT2D eigenvalue weighted by Crippen LogP contribution is -2.43. The summed E-state index contributed by atoms with van der Waals surface area (Å²) in [6.07, 6.45) is 0. The van der Waals surface area contributed by atoms with Crippen LogP contribution < -0.4 is 16.0 Å². The van der Waals surface area contributed by atoms with Crippen LogP contribution in [0.1, 0.15) is 6.92 Å². The largest absolute Gasteiger partial charge is 0.341 e. The second-order valence-electron chi connectivity index (χ2n) is 1.56. The van der Waals surface area contributed by atoms with Gasteiger partial charge in [-0.15, -0.1) is 0 Å². The van der Waals surface area contributed by atoms with Crippen LogP contribution in [0.4, 0.5) is 9.59 Å². The molecular weight excluding hydrogens is 134 g/mol. The van der Waals surface area contributed by atoms with Gasteiger partial charge in [-0.1, -0.05) is 0 Å². The van der Waals surface area contributed by atoms with Gasteiger partial charge in [-0.3, -0.25) is 5.32 Å². The molecule has 4 amide bonds. The fourth-order valence-corrected chi connectivity index (χ4v) is 0.370. The molecule has 0 aliphatic rings. The normalized spacial score (nSPS) is 8.20. The van der Waals surface area contributed by atoms with Gasteiger partial charge in [0.25, 0.3) is 0 Å². The summed E-state index contributed by atoms with van der Waals surface area (Å²) < 4.78 is 0. The number of nitrogens with one attached hydrogen (secondary N) is 3. The Morgan fingerprint density at radius 1 is 1.30 bits per heavy atom. The zero-order valence-electron chi connectivity index (χ0n) is 6.02. The molecule has 0 atom stereocenters. The molecule has 0 saturated heterocycles. The van der Waals surface area contributed by atoms with Crippen molar-refractivity contribution in [1.82, 2.24) is 16.0 Å². The first kappa shape index (κ1) is 8.74. The Labute approximate surface area is 59.2 Å². The van der Waals surface area contributed by atoms with Crippen molar-refractivity contribution < 1.29 is 9.59 Å². The van der Waals surface area contributed by atoms with Crippen LogP contribution in [0.2, 0.25) is 0 Å². The van der Waals surface area contributed by atoms with Crippen LogP contribution in [0, 0.1) is 0 Å². The average Bonchev–Trinajstić information content (AvgIpc) is 1.88. The molecule has 0 aromatic heterocycles. The van der Waals surface area contributed by atoms with Crippen LogP contribution in [-0.2, 0) is 0 Å². The number of amides is 4. The lowest BCUT2D eigenvalue weighted by molar-refractivity contribution is 0.228. The molecule has 0 saturated carbocycles. The summed E-state index contributed by atoms with van der Waals surface area (Å²) in [6.45, 7) is 2.27. The predicted molar refractivity (Wildman–Crippen MR) is 36.7 cm³/mol.